The summed E-state index contributed by atoms with van der Waals surface area (Å²) < 4.78 is 8.17. The minimum absolute atomic E-state index is 0.0174. The minimum Gasteiger partial charge on any atom is -0.508 e. The number of rotatable bonds is 5. The Hall–Kier alpha value is -4.57. The maximum atomic E-state index is 14.4. The van der Waals surface area contributed by atoms with Crippen molar-refractivity contribution < 1.29 is 9.84 Å². The van der Waals surface area contributed by atoms with E-state index in [1.165, 1.54) is 0 Å². The lowest BCUT2D eigenvalue weighted by atomic mass is 9.95. The highest BCUT2D eigenvalue weighted by atomic mass is 16.5. The van der Waals surface area contributed by atoms with Gasteiger partial charge in [0.15, 0.2) is 5.75 Å². The van der Waals surface area contributed by atoms with E-state index < -0.39 is 0 Å². The number of terminal acetylenes is 1. The molecule has 9 nitrogen and oxygen atoms in total. The Bertz CT molecular complexity index is 1950. The van der Waals surface area contributed by atoms with E-state index in [2.05, 4.69) is 27.1 Å². The first-order valence-corrected chi connectivity index (χ1v) is 15.6. The molecule has 0 amide bonds. The zero-order valence-corrected chi connectivity index (χ0v) is 24.6. The average molecular weight is 587 g/mol. The summed E-state index contributed by atoms with van der Waals surface area (Å²) in [6.07, 6.45) is 15.8. The number of nitrogens with one attached hydrogen (secondary N) is 1. The van der Waals surface area contributed by atoms with Crippen LogP contribution < -0.4 is 20.5 Å². The highest BCUT2D eigenvalue weighted by Crippen LogP contribution is 2.41. The van der Waals surface area contributed by atoms with Crippen LogP contribution in [0.1, 0.15) is 49.7 Å². The number of hydrogen-bond donors (Lipinski definition) is 2. The molecule has 6 heterocycles. The molecule has 4 aliphatic heterocycles. The van der Waals surface area contributed by atoms with Gasteiger partial charge in [0.2, 0.25) is 0 Å². The van der Waals surface area contributed by atoms with E-state index in [0.29, 0.717) is 57.7 Å². The fourth-order valence-corrected chi connectivity index (χ4v) is 8.29. The Kier molecular flexibility index (Phi) is 6.30. The maximum absolute atomic E-state index is 14.4. The van der Waals surface area contributed by atoms with Crippen molar-refractivity contribution in [3.63, 3.8) is 0 Å². The summed E-state index contributed by atoms with van der Waals surface area (Å²) in [5.74, 6) is 3.15. The number of piperazine rings is 1. The molecule has 0 aliphatic carbocycles. The van der Waals surface area contributed by atoms with Crippen LogP contribution in [0.5, 0.6) is 11.5 Å². The van der Waals surface area contributed by atoms with E-state index in [1.807, 2.05) is 18.2 Å². The molecule has 9 heteroatoms. The Morgan fingerprint density at radius 2 is 1.93 bits per heavy atom. The molecule has 2 aromatic carbocycles. The van der Waals surface area contributed by atoms with E-state index in [9.17, 15) is 15.2 Å². The lowest BCUT2D eigenvalue weighted by Gasteiger charge is -2.36. The standard InChI is InChI=1S/C35H34N6O3/c1-2-22-6-3-7-23-14-26(42)15-27(31(22)23)32-34(43)41-20-30(44-21-35-10-4-12-40(35)13-5-11-35)28(16-36)33(29(41)17-37-32)39-18-24-8-9-25(19-39)38-24/h1,3,6-7,14-15,17,20,24-25,38,42H,4-5,8-13,18-19,21H2. The quantitative estimate of drug-likeness (QED) is 0.338. The summed E-state index contributed by atoms with van der Waals surface area (Å²) in [6.45, 7) is 4.11. The van der Waals surface area contributed by atoms with Gasteiger partial charge in [0.1, 0.15) is 29.7 Å². The van der Waals surface area contributed by atoms with Crippen molar-refractivity contribution in [2.24, 2.45) is 0 Å². The van der Waals surface area contributed by atoms with Crippen LogP contribution in [0.25, 0.3) is 27.5 Å². The summed E-state index contributed by atoms with van der Waals surface area (Å²) in [4.78, 5) is 23.9. The van der Waals surface area contributed by atoms with Crippen molar-refractivity contribution in [1.29, 1.82) is 5.26 Å². The first-order chi connectivity index (χ1) is 21.5. The smallest absolute Gasteiger partial charge is 0.281 e. The number of fused-ring (bicyclic) bond motifs is 5. The largest absolute Gasteiger partial charge is 0.508 e. The molecule has 2 bridgehead atoms. The second-order valence-electron chi connectivity index (χ2n) is 12.8. The number of aromatic nitrogens is 2. The predicted octanol–water partition coefficient (Wildman–Crippen LogP) is 4.02. The van der Waals surface area contributed by atoms with Crippen molar-refractivity contribution in [3.8, 4) is 41.2 Å². The van der Waals surface area contributed by atoms with Gasteiger partial charge in [0.05, 0.1) is 29.1 Å². The van der Waals surface area contributed by atoms with E-state index in [-0.39, 0.29) is 22.5 Å². The predicted molar refractivity (Wildman–Crippen MR) is 169 cm³/mol. The normalized spacial score (nSPS) is 22.3. The summed E-state index contributed by atoms with van der Waals surface area (Å²) in [6, 6.07) is 11.8. The van der Waals surface area contributed by atoms with E-state index >= 15 is 0 Å². The molecule has 8 rings (SSSR count). The topological polar surface area (TPSA) is 106 Å². The van der Waals surface area contributed by atoms with Crippen LogP contribution in [0.4, 0.5) is 5.69 Å². The number of phenols is 1. The number of hydrogen-bond acceptors (Lipinski definition) is 8. The Balaban J connectivity index is 1.33. The second-order valence-corrected chi connectivity index (χ2v) is 12.8. The number of nitrogens with zero attached hydrogens (tertiary/aromatic N) is 5. The molecule has 0 radical (unpaired) electrons. The molecule has 0 saturated carbocycles. The monoisotopic (exact) mass is 586 g/mol. The molecular weight excluding hydrogens is 552 g/mol. The van der Waals surface area contributed by atoms with Crippen molar-refractivity contribution >= 4 is 22.0 Å². The highest BCUT2D eigenvalue weighted by Gasteiger charge is 2.45. The summed E-state index contributed by atoms with van der Waals surface area (Å²) in [7, 11) is 0. The van der Waals surface area contributed by atoms with Gasteiger partial charge in [0.25, 0.3) is 5.56 Å². The van der Waals surface area contributed by atoms with Gasteiger partial charge >= 0.3 is 0 Å². The number of pyridine rings is 1. The van der Waals surface area contributed by atoms with Crippen molar-refractivity contribution in [2.75, 3.05) is 37.7 Å². The van der Waals surface area contributed by atoms with Crippen LogP contribution in [-0.2, 0) is 0 Å². The molecule has 4 saturated heterocycles. The number of nitriles is 1. The first kappa shape index (κ1) is 27.0. The van der Waals surface area contributed by atoms with Gasteiger partial charge in [-0.1, -0.05) is 18.1 Å². The molecule has 2 unspecified atom stereocenters. The van der Waals surface area contributed by atoms with Gasteiger partial charge in [-0.05, 0) is 75.2 Å². The van der Waals surface area contributed by atoms with Crippen LogP contribution in [0.3, 0.4) is 0 Å². The number of ether oxygens (including phenoxy) is 1. The molecule has 222 valence electrons. The zero-order valence-electron chi connectivity index (χ0n) is 24.6. The summed E-state index contributed by atoms with van der Waals surface area (Å²) in [5, 5.41) is 26.3. The number of phenolic OH excluding ortho intramolecular Hbond substituents is 1. The van der Waals surface area contributed by atoms with Gasteiger partial charge in [-0.3, -0.25) is 14.1 Å². The second kappa shape index (κ2) is 10.3. The van der Waals surface area contributed by atoms with Crippen molar-refractivity contribution in [2.45, 2.75) is 56.1 Å². The van der Waals surface area contributed by atoms with Gasteiger partial charge in [0, 0.05) is 41.7 Å². The lowest BCUT2D eigenvalue weighted by molar-refractivity contribution is 0.113. The van der Waals surface area contributed by atoms with E-state index in [4.69, 9.17) is 16.1 Å². The first-order valence-electron chi connectivity index (χ1n) is 15.6. The molecule has 2 N–H and O–H groups in total. The molecule has 4 fully saturated rings. The van der Waals surface area contributed by atoms with E-state index in [0.717, 1.165) is 70.1 Å². The average Bonchev–Trinajstić information content (AvgIpc) is 3.72. The van der Waals surface area contributed by atoms with Crippen LogP contribution in [0, 0.1) is 23.7 Å². The summed E-state index contributed by atoms with van der Waals surface area (Å²) in [5.41, 5.74) is 2.56. The fourth-order valence-electron chi connectivity index (χ4n) is 8.29. The third-order valence-electron chi connectivity index (χ3n) is 10.3. The van der Waals surface area contributed by atoms with Crippen LogP contribution >= 0.6 is 0 Å². The molecule has 44 heavy (non-hydrogen) atoms. The number of aromatic hydroxyl groups is 1. The SMILES string of the molecule is C#Cc1cccc2cc(O)cc(-c3ncc4c(N5CC6CCC(C5)N6)c(C#N)c(OCC56CCCN5CCC6)cn4c3=O)c12. The lowest BCUT2D eigenvalue weighted by Crippen LogP contribution is -2.51. The van der Waals surface area contributed by atoms with Crippen molar-refractivity contribution in [1.82, 2.24) is 19.6 Å². The van der Waals surface area contributed by atoms with E-state index in [1.54, 1.807) is 28.9 Å². The third kappa shape index (κ3) is 4.15. The molecule has 4 aliphatic rings. The van der Waals surface area contributed by atoms with Gasteiger partial charge < -0.3 is 20.1 Å². The Labute approximate surface area is 255 Å². The number of benzene rings is 2. The molecule has 2 atom stereocenters. The van der Waals surface area contributed by atoms with Crippen molar-refractivity contribution in [3.05, 3.63) is 64.2 Å². The summed E-state index contributed by atoms with van der Waals surface area (Å²) >= 11 is 0. The van der Waals surface area contributed by atoms with Crippen LogP contribution in [0.2, 0.25) is 0 Å². The third-order valence-corrected chi connectivity index (χ3v) is 10.3. The zero-order chi connectivity index (χ0) is 30.0. The maximum Gasteiger partial charge on any atom is 0.281 e. The minimum atomic E-state index is -0.364. The van der Waals surface area contributed by atoms with Gasteiger partial charge in [-0.25, -0.2) is 4.98 Å². The number of anilines is 1. The van der Waals surface area contributed by atoms with Gasteiger partial charge in [-0.15, -0.1) is 6.42 Å². The molecule has 4 aromatic rings. The molecular formula is C35H34N6O3. The highest BCUT2D eigenvalue weighted by molar-refractivity contribution is 6.01. The Morgan fingerprint density at radius 3 is 2.66 bits per heavy atom. The fraction of sp³-hybridized carbons (Fsp3) is 0.400. The Morgan fingerprint density at radius 1 is 1.16 bits per heavy atom. The van der Waals surface area contributed by atoms with Crippen LogP contribution in [-0.4, -0.2) is 69.8 Å². The van der Waals surface area contributed by atoms with Gasteiger partial charge in [-0.2, -0.15) is 5.26 Å². The molecule has 2 aromatic heterocycles. The molecule has 0 spiro atoms. The van der Waals surface area contributed by atoms with Crippen LogP contribution in [0.15, 0.2) is 47.5 Å².